The number of guanidine groups is 1. The van der Waals surface area contributed by atoms with Crippen molar-refractivity contribution in [3.63, 3.8) is 0 Å². The zero-order valence-electron chi connectivity index (χ0n) is 17.1. The Morgan fingerprint density at radius 3 is 2.50 bits per heavy atom. The number of benzene rings is 1. The van der Waals surface area contributed by atoms with Crippen molar-refractivity contribution < 1.29 is 13.2 Å². The summed E-state index contributed by atoms with van der Waals surface area (Å²) in [5.74, 6) is 0.915. The monoisotopic (exact) mass is 408 g/mol. The van der Waals surface area contributed by atoms with Gasteiger partial charge in [-0.25, -0.2) is 8.42 Å². The highest BCUT2D eigenvalue weighted by Gasteiger charge is 2.40. The molecule has 156 valence electrons. The van der Waals surface area contributed by atoms with E-state index in [1.807, 2.05) is 4.90 Å². The largest absolute Gasteiger partial charge is 0.379 e. The Morgan fingerprint density at radius 1 is 1.18 bits per heavy atom. The van der Waals surface area contributed by atoms with Crippen LogP contribution < -0.4 is 5.32 Å². The summed E-state index contributed by atoms with van der Waals surface area (Å²) < 4.78 is 29.2. The fourth-order valence-corrected chi connectivity index (χ4v) is 5.08. The SMILES string of the molecule is CN=C(NCc1ccccc1CN1CCOCC1)N1CCS(=O)(=O)C(C)(C)C1. The molecule has 1 N–H and O–H groups in total. The van der Waals surface area contributed by atoms with E-state index < -0.39 is 14.6 Å². The first-order chi connectivity index (χ1) is 13.3. The van der Waals surface area contributed by atoms with Gasteiger partial charge in [0.1, 0.15) is 0 Å². The molecule has 0 saturated carbocycles. The van der Waals surface area contributed by atoms with Crippen LogP contribution in [-0.4, -0.2) is 81.1 Å². The number of hydrogen-bond donors (Lipinski definition) is 1. The zero-order valence-corrected chi connectivity index (χ0v) is 18.0. The summed E-state index contributed by atoms with van der Waals surface area (Å²) in [6, 6.07) is 8.44. The number of ether oxygens (including phenoxy) is 1. The van der Waals surface area contributed by atoms with Crippen molar-refractivity contribution in [2.24, 2.45) is 4.99 Å². The summed E-state index contributed by atoms with van der Waals surface area (Å²) in [6.07, 6.45) is 0. The molecule has 0 bridgehead atoms. The highest BCUT2D eigenvalue weighted by atomic mass is 32.2. The molecule has 0 unspecified atom stereocenters. The van der Waals surface area contributed by atoms with Crippen LogP contribution in [0.5, 0.6) is 0 Å². The second-order valence-electron chi connectivity index (χ2n) is 8.06. The summed E-state index contributed by atoms with van der Waals surface area (Å²) >= 11 is 0. The third kappa shape index (κ3) is 4.85. The molecule has 2 aliphatic rings. The summed E-state index contributed by atoms with van der Waals surface area (Å²) in [4.78, 5) is 8.85. The highest BCUT2D eigenvalue weighted by molar-refractivity contribution is 7.92. The fraction of sp³-hybridized carbons (Fsp3) is 0.650. The molecule has 2 heterocycles. The molecule has 0 aliphatic carbocycles. The van der Waals surface area contributed by atoms with E-state index in [1.165, 1.54) is 11.1 Å². The fourth-order valence-electron chi connectivity index (χ4n) is 3.72. The van der Waals surface area contributed by atoms with Crippen molar-refractivity contribution in [1.29, 1.82) is 0 Å². The quantitative estimate of drug-likeness (QED) is 0.594. The number of aliphatic imine (C=N–C) groups is 1. The number of hydrogen-bond acceptors (Lipinski definition) is 5. The number of sulfone groups is 1. The van der Waals surface area contributed by atoms with Crippen molar-refractivity contribution in [1.82, 2.24) is 15.1 Å². The Balaban J connectivity index is 1.64. The summed E-state index contributed by atoms with van der Waals surface area (Å²) in [5.41, 5.74) is 2.54. The lowest BCUT2D eigenvalue weighted by molar-refractivity contribution is 0.0341. The molecule has 28 heavy (non-hydrogen) atoms. The van der Waals surface area contributed by atoms with E-state index in [1.54, 1.807) is 20.9 Å². The number of morpholine rings is 1. The standard InChI is InChI=1S/C20H32N4O3S/c1-20(2)16-24(10-13-28(20,25)26)19(21-3)22-14-17-6-4-5-7-18(17)15-23-8-11-27-12-9-23/h4-7H,8-16H2,1-3H3,(H,21,22). The third-order valence-electron chi connectivity index (χ3n) is 5.61. The number of nitrogens with one attached hydrogen (secondary N) is 1. The van der Waals surface area contributed by atoms with Gasteiger partial charge in [-0.1, -0.05) is 24.3 Å². The Labute approximate surface area is 168 Å². The van der Waals surface area contributed by atoms with Gasteiger partial charge in [-0.15, -0.1) is 0 Å². The molecule has 7 nitrogen and oxygen atoms in total. The van der Waals surface area contributed by atoms with E-state index >= 15 is 0 Å². The average molecular weight is 409 g/mol. The molecule has 0 spiro atoms. The smallest absolute Gasteiger partial charge is 0.193 e. The van der Waals surface area contributed by atoms with Crippen LogP contribution in [0.3, 0.4) is 0 Å². The lowest BCUT2D eigenvalue weighted by Gasteiger charge is -2.39. The first-order valence-electron chi connectivity index (χ1n) is 9.87. The van der Waals surface area contributed by atoms with E-state index in [-0.39, 0.29) is 5.75 Å². The van der Waals surface area contributed by atoms with Crippen LogP contribution in [0.25, 0.3) is 0 Å². The molecular formula is C20H32N4O3S. The van der Waals surface area contributed by atoms with E-state index in [0.717, 1.165) is 38.8 Å². The summed E-state index contributed by atoms with van der Waals surface area (Å²) in [6.45, 7) is 9.58. The molecule has 1 aromatic carbocycles. The van der Waals surface area contributed by atoms with Gasteiger partial charge in [-0.3, -0.25) is 9.89 Å². The van der Waals surface area contributed by atoms with Gasteiger partial charge in [-0.2, -0.15) is 0 Å². The van der Waals surface area contributed by atoms with Gasteiger partial charge in [0.25, 0.3) is 0 Å². The van der Waals surface area contributed by atoms with Crippen molar-refractivity contribution in [3.8, 4) is 0 Å². The second-order valence-corrected chi connectivity index (χ2v) is 10.8. The van der Waals surface area contributed by atoms with Crippen LogP contribution in [0.15, 0.2) is 29.3 Å². The van der Waals surface area contributed by atoms with Crippen molar-refractivity contribution in [3.05, 3.63) is 35.4 Å². The molecule has 8 heteroatoms. The van der Waals surface area contributed by atoms with Gasteiger partial charge in [0.05, 0.1) is 23.7 Å². The van der Waals surface area contributed by atoms with Crippen molar-refractivity contribution in [2.75, 3.05) is 52.2 Å². The summed E-state index contributed by atoms with van der Waals surface area (Å²) in [5, 5.41) is 3.44. The first kappa shape index (κ1) is 21.1. The van der Waals surface area contributed by atoms with Crippen LogP contribution in [0, 0.1) is 0 Å². The molecule has 0 aromatic heterocycles. The van der Waals surface area contributed by atoms with E-state index in [0.29, 0.717) is 19.6 Å². The minimum atomic E-state index is -3.07. The van der Waals surface area contributed by atoms with Crippen molar-refractivity contribution >= 4 is 15.8 Å². The minimum Gasteiger partial charge on any atom is -0.379 e. The lowest BCUT2D eigenvalue weighted by atomic mass is 10.1. The molecule has 3 rings (SSSR count). The molecule has 0 atom stereocenters. The van der Waals surface area contributed by atoms with Crippen molar-refractivity contribution in [2.45, 2.75) is 31.7 Å². The molecule has 0 amide bonds. The molecule has 2 aliphatic heterocycles. The van der Waals surface area contributed by atoms with Crippen LogP contribution in [-0.2, 0) is 27.7 Å². The first-order valence-corrected chi connectivity index (χ1v) is 11.5. The van der Waals surface area contributed by atoms with Crippen LogP contribution >= 0.6 is 0 Å². The number of nitrogens with zero attached hydrogens (tertiary/aromatic N) is 3. The maximum Gasteiger partial charge on any atom is 0.193 e. The van der Waals surface area contributed by atoms with E-state index in [4.69, 9.17) is 4.74 Å². The molecule has 2 fully saturated rings. The molecule has 1 aromatic rings. The molecule has 0 radical (unpaired) electrons. The minimum absolute atomic E-state index is 0.161. The Hall–Kier alpha value is -1.64. The predicted molar refractivity (Wildman–Crippen MR) is 112 cm³/mol. The zero-order chi connectivity index (χ0) is 20.2. The van der Waals surface area contributed by atoms with E-state index in [9.17, 15) is 8.42 Å². The summed E-state index contributed by atoms with van der Waals surface area (Å²) in [7, 11) is -1.32. The second kappa shape index (κ2) is 8.80. The van der Waals surface area contributed by atoms with Crippen LogP contribution in [0.4, 0.5) is 0 Å². The highest BCUT2D eigenvalue weighted by Crippen LogP contribution is 2.23. The van der Waals surface area contributed by atoms with Gasteiger partial charge in [0.2, 0.25) is 0 Å². The Bertz CT molecular complexity index is 801. The van der Waals surface area contributed by atoms with Gasteiger partial charge in [-0.05, 0) is 25.0 Å². The van der Waals surface area contributed by atoms with Crippen LogP contribution in [0.2, 0.25) is 0 Å². The van der Waals surface area contributed by atoms with Crippen LogP contribution in [0.1, 0.15) is 25.0 Å². The van der Waals surface area contributed by atoms with Gasteiger partial charge >= 0.3 is 0 Å². The van der Waals surface area contributed by atoms with Gasteiger partial charge in [0, 0.05) is 46.3 Å². The molecular weight excluding hydrogens is 376 g/mol. The van der Waals surface area contributed by atoms with Gasteiger partial charge in [0.15, 0.2) is 15.8 Å². The topological polar surface area (TPSA) is 74.2 Å². The average Bonchev–Trinajstić information content (AvgIpc) is 2.67. The lowest BCUT2D eigenvalue weighted by Crippen LogP contribution is -2.57. The van der Waals surface area contributed by atoms with Gasteiger partial charge < -0.3 is 15.0 Å². The Kier molecular flexibility index (Phi) is 6.62. The maximum atomic E-state index is 12.3. The third-order valence-corrected chi connectivity index (χ3v) is 8.14. The number of rotatable bonds is 4. The molecule has 2 saturated heterocycles. The normalized spacial score (nSPS) is 22.8. The predicted octanol–water partition coefficient (Wildman–Crippen LogP) is 1.10. The van der Waals surface area contributed by atoms with E-state index in [2.05, 4.69) is 39.5 Å². The Morgan fingerprint density at radius 2 is 1.86 bits per heavy atom. The maximum absolute atomic E-state index is 12.3.